The summed E-state index contributed by atoms with van der Waals surface area (Å²) in [6, 6.07) is 7.93. The molecule has 0 bridgehead atoms. The van der Waals surface area contributed by atoms with E-state index in [0.29, 0.717) is 35.7 Å². The summed E-state index contributed by atoms with van der Waals surface area (Å²) in [6.45, 7) is 0.986. The molecule has 0 radical (unpaired) electrons. The predicted octanol–water partition coefficient (Wildman–Crippen LogP) is 4.93. The highest BCUT2D eigenvalue weighted by Gasteiger charge is 2.50. The summed E-state index contributed by atoms with van der Waals surface area (Å²) in [6.07, 6.45) is -1.08. The van der Waals surface area contributed by atoms with Crippen LogP contribution in [0.4, 0.5) is 17.6 Å². The number of H-pyrrole nitrogens is 1. The minimum absolute atomic E-state index is 0.0308. The van der Waals surface area contributed by atoms with Crippen LogP contribution in [0.5, 0.6) is 0 Å². The van der Waals surface area contributed by atoms with E-state index in [0.717, 1.165) is 48.3 Å². The number of carbonyl (C=O) groups excluding carboxylic acids is 1. The summed E-state index contributed by atoms with van der Waals surface area (Å²) < 4.78 is 54.3. The van der Waals surface area contributed by atoms with Crippen LogP contribution < -0.4 is 15.5 Å². The number of alkyl halides is 3. The third-order valence-corrected chi connectivity index (χ3v) is 8.15. The van der Waals surface area contributed by atoms with Gasteiger partial charge in [0.2, 0.25) is 5.91 Å². The van der Waals surface area contributed by atoms with Gasteiger partial charge in [0.1, 0.15) is 5.82 Å². The molecule has 35 heavy (non-hydrogen) atoms. The Morgan fingerprint density at radius 3 is 2.71 bits per heavy atom. The number of hydrogen-bond donors (Lipinski definition) is 3. The van der Waals surface area contributed by atoms with Crippen molar-refractivity contribution in [2.75, 3.05) is 13.1 Å². The zero-order valence-electron chi connectivity index (χ0n) is 18.8. The third kappa shape index (κ3) is 4.73. The number of carbonyl (C=O) groups is 1. The first-order valence-corrected chi connectivity index (χ1v) is 12.5. The predicted molar refractivity (Wildman–Crippen MR) is 126 cm³/mol. The number of thiazole rings is 1. The molecule has 0 spiro atoms. The van der Waals surface area contributed by atoms with Gasteiger partial charge >= 0.3 is 11.0 Å². The maximum atomic E-state index is 14.4. The van der Waals surface area contributed by atoms with Crippen molar-refractivity contribution in [2.24, 2.45) is 11.3 Å². The number of amides is 1. The monoisotopic (exact) mass is 507 g/mol. The smallest absolute Gasteiger partial charge is 0.351 e. The second-order valence-corrected chi connectivity index (χ2v) is 10.5. The summed E-state index contributed by atoms with van der Waals surface area (Å²) in [5.74, 6) is -0.573. The van der Waals surface area contributed by atoms with Crippen LogP contribution in [0.15, 0.2) is 41.2 Å². The second kappa shape index (κ2) is 9.05. The fourth-order valence-corrected chi connectivity index (χ4v) is 6.13. The molecule has 5 nitrogen and oxygen atoms in total. The minimum Gasteiger partial charge on any atom is -0.351 e. The first kappa shape index (κ1) is 24.0. The van der Waals surface area contributed by atoms with Crippen LogP contribution in [0.2, 0.25) is 0 Å². The number of hydrogen-bond acceptors (Lipinski definition) is 4. The van der Waals surface area contributed by atoms with E-state index in [1.165, 1.54) is 12.1 Å². The van der Waals surface area contributed by atoms with Gasteiger partial charge in [-0.2, -0.15) is 13.2 Å². The number of rotatable bonds is 7. The van der Waals surface area contributed by atoms with Gasteiger partial charge in [0, 0.05) is 19.0 Å². The summed E-state index contributed by atoms with van der Waals surface area (Å²) >= 11 is 0.942. The van der Waals surface area contributed by atoms with E-state index in [-0.39, 0.29) is 28.8 Å². The van der Waals surface area contributed by atoms with Gasteiger partial charge < -0.3 is 15.6 Å². The normalized spacial score (nSPS) is 21.4. The molecule has 1 amide bonds. The molecule has 1 aliphatic heterocycles. The largest absolute Gasteiger partial charge is 0.416 e. The van der Waals surface area contributed by atoms with E-state index < -0.39 is 23.0 Å². The molecule has 2 aliphatic rings. The molecule has 2 heterocycles. The molecule has 5 rings (SSSR count). The van der Waals surface area contributed by atoms with E-state index in [9.17, 15) is 27.2 Å². The molecule has 1 saturated heterocycles. The van der Waals surface area contributed by atoms with Crippen LogP contribution in [0.25, 0.3) is 10.2 Å². The second-order valence-electron chi connectivity index (χ2n) is 9.55. The number of nitrogens with one attached hydrogen (secondary N) is 3. The quantitative estimate of drug-likeness (QED) is 0.397. The summed E-state index contributed by atoms with van der Waals surface area (Å²) in [7, 11) is 0. The molecule has 10 heteroatoms. The summed E-state index contributed by atoms with van der Waals surface area (Å²) in [5.41, 5.74) is -0.328. The van der Waals surface area contributed by atoms with Gasteiger partial charge in [0.05, 0.1) is 21.2 Å². The van der Waals surface area contributed by atoms with Gasteiger partial charge in [0.15, 0.2) is 0 Å². The van der Waals surface area contributed by atoms with Gasteiger partial charge in [-0.15, -0.1) is 0 Å². The van der Waals surface area contributed by atoms with Crippen molar-refractivity contribution in [3.63, 3.8) is 0 Å². The van der Waals surface area contributed by atoms with Crippen LogP contribution in [-0.2, 0) is 17.5 Å². The van der Waals surface area contributed by atoms with Crippen molar-refractivity contribution in [1.82, 2.24) is 15.6 Å². The molecule has 2 aromatic carbocycles. The molecule has 3 aromatic rings. The lowest BCUT2D eigenvalue weighted by molar-refractivity contribution is -0.137. The van der Waals surface area contributed by atoms with Crippen LogP contribution in [0, 0.1) is 17.2 Å². The highest BCUT2D eigenvalue weighted by atomic mass is 32.1. The Labute approximate surface area is 202 Å². The molecular formula is C25H25F4N3O2S. The topological polar surface area (TPSA) is 74.0 Å². The lowest BCUT2D eigenvalue weighted by Crippen LogP contribution is -2.46. The number of aromatic amines is 1. The highest BCUT2D eigenvalue weighted by molar-refractivity contribution is 7.16. The minimum atomic E-state index is -4.46. The molecule has 2 fully saturated rings. The SMILES string of the molecule is O=C(NCc1cccc(C(F)(F)F)c1)C1(C(CC2CC2)c2ccc(F)c3[nH]c(=O)sc23)CCNC1. The average Bonchev–Trinajstić information content (AvgIpc) is 3.34. The molecule has 2 atom stereocenters. The number of fused-ring (bicyclic) bond motifs is 1. The zero-order chi connectivity index (χ0) is 24.8. The van der Waals surface area contributed by atoms with Crippen molar-refractivity contribution in [1.29, 1.82) is 0 Å². The molecule has 2 unspecified atom stereocenters. The van der Waals surface area contributed by atoms with Crippen molar-refractivity contribution in [3.8, 4) is 0 Å². The maximum Gasteiger partial charge on any atom is 0.416 e. The van der Waals surface area contributed by atoms with Crippen LogP contribution in [0.1, 0.15) is 48.3 Å². The van der Waals surface area contributed by atoms with E-state index in [4.69, 9.17) is 0 Å². The number of halogens is 4. The third-order valence-electron chi connectivity index (χ3n) is 7.22. The van der Waals surface area contributed by atoms with E-state index in [1.807, 2.05) is 0 Å². The lowest BCUT2D eigenvalue weighted by Gasteiger charge is -2.36. The first-order valence-electron chi connectivity index (χ1n) is 11.6. The van der Waals surface area contributed by atoms with Crippen LogP contribution in [0.3, 0.4) is 0 Å². The summed E-state index contributed by atoms with van der Waals surface area (Å²) in [4.78, 5) is 28.0. The molecule has 1 aromatic heterocycles. The Morgan fingerprint density at radius 2 is 2.03 bits per heavy atom. The van der Waals surface area contributed by atoms with Crippen LogP contribution in [-0.4, -0.2) is 24.0 Å². The van der Waals surface area contributed by atoms with Crippen molar-refractivity contribution in [3.05, 3.63) is 68.6 Å². The molecular weight excluding hydrogens is 482 g/mol. The fraction of sp³-hybridized carbons (Fsp3) is 0.440. The average molecular weight is 508 g/mol. The van der Waals surface area contributed by atoms with Gasteiger partial charge in [-0.3, -0.25) is 9.59 Å². The fourth-order valence-electron chi connectivity index (χ4n) is 5.21. The molecule has 1 saturated carbocycles. The summed E-state index contributed by atoms with van der Waals surface area (Å²) in [5, 5.41) is 6.16. The Balaban J connectivity index is 1.48. The van der Waals surface area contributed by atoms with Gasteiger partial charge in [-0.05, 0) is 54.6 Å². The Morgan fingerprint density at radius 1 is 1.23 bits per heavy atom. The Kier molecular flexibility index (Phi) is 6.21. The number of benzene rings is 2. The van der Waals surface area contributed by atoms with Crippen molar-refractivity contribution in [2.45, 2.75) is 44.3 Å². The maximum absolute atomic E-state index is 14.4. The van der Waals surface area contributed by atoms with Crippen LogP contribution >= 0.6 is 11.3 Å². The molecule has 3 N–H and O–H groups in total. The van der Waals surface area contributed by atoms with Gasteiger partial charge in [0.25, 0.3) is 0 Å². The Hall–Kier alpha value is -2.72. The zero-order valence-corrected chi connectivity index (χ0v) is 19.6. The van der Waals surface area contributed by atoms with E-state index in [2.05, 4.69) is 15.6 Å². The lowest BCUT2D eigenvalue weighted by atomic mass is 9.68. The van der Waals surface area contributed by atoms with Crippen molar-refractivity contribution < 1.29 is 22.4 Å². The molecule has 1 aliphatic carbocycles. The van der Waals surface area contributed by atoms with Gasteiger partial charge in [-0.25, -0.2) is 4.39 Å². The van der Waals surface area contributed by atoms with E-state index >= 15 is 0 Å². The Bertz CT molecular complexity index is 1310. The molecule has 186 valence electrons. The van der Waals surface area contributed by atoms with Crippen molar-refractivity contribution >= 4 is 27.5 Å². The number of aromatic nitrogens is 1. The highest BCUT2D eigenvalue weighted by Crippen LogP contribution is 2.51. The first-order chi connectivity index (χ1) is 16.7. The van der Waals surface area contributed by atoms with E-state index in [1.54, 1.807) is 12.1 Å². The standard InChI is InChI=1S/C25H25F4N3O2S/c26-19-7-6-17(21-20(19)32-23(34)35-21)18(11-14-4-5-14)24(8-9-30-13-24)22(33)31-12-15-2-1-3-16(10-15)25(27,28)29/h1-3,6-7,10,14,18,30H,4-5,8-9,11-13H2,(H,31,33)(H,32,34). The van der Waals surface area contributed by atoms with Gasteiger partial charge in [-0.1, -0.05) is 42.4 Å².